The average Bonchev–Trinajstić information content (AvgIpc) is 3.66. The number of pyridine rings is 1. The number of amides is 2. The summed E-state index contributed by atoms with van der Waals surface area (Å²) < 4.78 is 28.1. The van der Waals surface area contributed by atoms with Crippen molar-refractivity contribution in [2.24, 2.45) is 10.9 Å². The van der Waals surface area contributed by atoms with Crippen LogP contribution in [-0.2, 0) is 27.8 Å². The highest BCUT2D eigenvalue weighted by Crippen LogP contribution is 2.47. The minimum Gasteiger partial charge on any atom is -0.310 e. The summed E-state index contributed by atoms with van der Waals surface area (Å²) in [5.74, 6) is 0.702. The molecule has 1 aromatic carbocycles. The van der Waals surface area contributed by atoms with Gasteiger partial charge in [0.25, 0.3) is 5.91 Å². The number of rotatable bonds is 6. The Labute approximate surface area is 237 Å². The summed E-state index contributed by atoms with van der Waals surface area (Å²) in [6.07, 6.45) is 11.1. The van der Waals surface area contributed by atoms with Gasteiger partial charge in [-0.3, -0.25) is 14.6 Å². The molecule has 2 amide bonds. The summed E-state index contributed by atoms with van der Waals surface area (Å²) in [4.78, 5) is 37.5. The van der Waals surface area contributed by atoms with Crippen molar-refractivity contribution in [2.75, 3.05) is 18.5 Å². The zero-order valence-electron chi connectivity index (χ0n) is 23.0. The van der Waals surface area contributed by atoms with Gasteiger partial charge in [0, 0.05) is 30.6 Å². The van der Waals surface area contributed by atoms with Crippen LogP contribution >= 0.6 is 0 Å². The van der Waals surface area contributed by atoms with E-state index in [1.165, 1.54) is 6.08 Å². The fraction of sp³-hybridized carbons (Fsp3) is 0.394. The zero-order chi connectivity index (χ0) is 28.4. The molecule has 3 aliphatic carbocycles. The molecule has 2 aromatic rings. The molecule has 2 unspecified atom stereocenters. The van der Waals surface area contributed by atoms with Gasteiger partial charge in [-0.15, -0.1) is 0 Å². The van der Waals surface area contributed by atoms with Crippen molar-refractivity contribution in [3.05, 3.63) is 88.2 Å². The number of hydrogen-bond acceptors (Lipinski definition) is 4. The monoisotopic (exact) mass is 554 g/mol. The fourth-order valence-electron chi connectivity index (χ4n) is 6.89. The van der Waals surface area contributed by atoms with Crippen LogP contribution in [0.3, 0.4) is 0 Å². The number of anilines is 1. The van der Waals surface area contributed by atoms with E-state index in [2.05, 4.69) is 22.4 Å². The largest absolute Gasteiger partial charge is 0.310 e. The second-order valence-electron chi connectivity index (χ2n) is 12.0. The van der Waals surface area contributed by atoms with Crippen molar-refractivity contribution in [3.63, 3.8) is 0 Å². The Morgan fingerprint density at radius 1 is 1.17 bits per heavy atom. The summed E-state index contributed by atoms with van der Waals surface area (Å²) in [5, 5.41) is 2.95. The minimum absolute atomic E-state index is 0.00499. The molecule has 0 saturated heterocycles. The molecule has 3 heterocycles. The van der Waals surface area contributed by atoms with Crippen LogP contribution in [0.4, 0.5) is 14.6 Å². The number of benzene rings is 1. The Bertz CT molecular complexity index is 1590. The van der Waals surface area contributed by atoms with Crippen molar-refractivity contribution in [2.45, 2.75) is 62.7 Å². The average molecular weight is 555 g/mol. The Morgan fingerprint density at radius 2 is 2.00 bits per heavy atom. The van der Waals surface area contributed by atoms with Gasteiger partial charge in [-0.1, -0.05) is 42.5 Å². The van der Waals surface area contributed by atoms with E-state index in [9.17, 15) is 18.4 Å². The second kappa shape index (κ2) is 9.57. The van der Waals surface area contributed by atoms with Gasteiger partial charge in [-0.2, -0.15) is 0 Å². The lowest BCUT2D eigenvalue weighted by molar-refractivity contribution is -0.125. The molecule has 6 nitrogen and oxygen atoms in total. The predicted molar refractivity (Wildman–Crippen MR) is 154 cm³/mol. The number of hydrogen-bond donors (Lipinski definition) is 1. The van der Waals surface area contributed by atoms with Crippen molar-refractivity contribution < 1.29 is 18.4 Å². The summed E-state index contributed by atoms with van der Waals surface area (Å²) >= 11 is 0. The molecule has 5 aliphatic rings. The molecule has 41 heavy (non-hydrogen) atoms. The lowest BCUT2D eigenvalue weighted by Crippen LogP contribution is -2.46. The van der Waals surface area contributed by atoms with Crippen molar-refractivity contribution in [1.82, 2.24) is 9.88 Å². The van der Waals surface area contributed by atoms with E-state index < -0.39 is 23.9 Å². The lowest BCUT2D eigenvalue weighted by Gasteiger charge is -2.34. The highest BCUT2D eigenvalue weighted by atomic mass is 19.1. The molecule has 2 aliphatic heterocycles. The first kappa shape index (κ1) is 26.0. The molecule has 210 valence electrons. The van der Waals surface area contributed by atoms with E-state index in [0.29, 0.717) is 48.5 Å². The minimum atomic E-state index is -1.31. The zero-order valence-corrected chi connectivity index (χ0v) is 23.0. The fourth-order valence-corrected chi connectivity index (χ4v) is 6.89. The summed E-state index contributed by atoms with van der Waals surface area (Å²) in [6, 6.07) is 10.1. The Balaban J connectivity index is 1.13. The maximum absolute atomic E-state index is 14.8. The van der Waals surface area contributed by atoms with Crippen molar-refractivity contribution >= 4 is 29.4 Å². The van der Waals surface area contributed by atoms with Crippen LogP contribution in [0.15, 0.2) is 70.9 Å². The van der Waals surface area contributed by atoms with Crippen LogP contribution in [-0.4, -0.2) is 52.5 Å². The standard InChI is InChI=1S/C33H32F2N4O2/c1-32(25-11-7-21(19-34)15-26(35)16-25)38-28(22-9-10-22)30(40)39(32)13-3-4-20-6-8-23-17-33(18-24(23)14-20)27-5-2-12-36-29(27)37-31(33)41/h2-8,12,14,16,22,26H,9-11,13,15,17-19H2,1H3,(H,36,37,41)/b4-3+/t26?,32?,33-/m1/s1. The van der Waals surface area contributed by atoms with Gasteiger partial charge in [0.2, 0.25) is 5.91 Å². The molecule has 8 heteroatoms. The van der Waals surface area contributed by atoms with E-state index >= 15 is 0 Å². The molecule has 3 atom stereocenters. The second-order valence-corrected chi connectivity index (χ2v) is 12.0. The number of alkyl halides is 2. The number of halogens is 2. The van der Waals surface area contributed by atoms with Crippen molar-refractivity contribution in [1.29, 1.82) is 0 Å². The van der Waals surface area contributed by atoms with E-state index in [1.54, 1.807) is 17.2 Å². The molecular formula is C33H32F2N4O2. The summed E-state index contributed by atoms with van der Waals surface area (Å²) in [7, 11) is 0. The number of aromatic nitrogens is 1. The summed E-state index contributed by atoms with van der Waals surface area (Å²) in [5.41, 5.74) is 4.31. The van der Waals surface area contributed by atoms with E-state index in [-0.39, 0.29) is 24.2 Å². The third kappa shape index (κ3) is 4.26. The first-order valence-electron chi connectivity index (χ1n) is 14.4. The van der Waals surface area contributed by atoms with Crippen molar-refractivity contribution in [3.8, 4) is 0 Å². The van der Waals surface area contributed by atoms with Crippen LogP contribution in [0.1, 0.15) is 54.9 Å². The lowest BCUT2D eigenvalue weighted by atomic mass is 9.79. The van der Waals surface area contributed by atoms with Gasteiger partial charge in [0.05, 0.1) is 5.41 Å². The highest BCUT2D eigenvalue weighted by molar-refractivity contribution is 6.42. The smallest absolute Gasteiger partial charge is 0.270 e. The van der Waals surface area contributed by atoms with Gasteiger partial charge in [0.15, 0.2) is 5.66 Å². The molecule has 0 radical (unpaired) electrons. The number of nitrogens with zero attached hydrogens (tertiary/aromatic N) is 3. The van der Waals surface area contributed by atoms with Gasteiger partial charge in [-0.25, -0.2) is 13.8 Å². The normalized spacial score (nSPS) is 28.9. The molecule has 1 aromatic heterocycles. The molecular weight excluding hydrogens is 522 g/mol. The van der Waals surface area contributed by atoms with Gasteiger partial charge >= 0.3 is 0 Å². The van der Waals surface area contributed by atoms with Gasteiger partial charge in [0.1, 0.15) is 24.4 Å². The van der Waals surface area contributed by atoms with Crippen LogP contribution in [0.25, 0.3) is 6.08 Å². The van der Waals surface area contributed by atoms with Crippen LogP contribution in [0, 0.1) is 5.92 Å². The number of aliphatic imine (C=N–C) groups is 1. The third-order valence-corrected chi connectivity index (χ3v) is 9.32. The Kier molecular flexibility index (Phi) is 6.07. The molecule has 1 fully saturated rings. The van der Waals surface area contributed by atoms with Crippen LogP contribution in [0.5, 0.6) is 0 Å². The molecule has 1 saturated carbocycles. The highest BCUT2D eigenvalue weighted by Gasteiger charge is 2.51. The molecule has 7 rings (SSSR count). The summed E-state index contributed by atoms with van der Waals surface area (Å²) in [6.45, 7) is 1.51. The molecule has 1 spiro atoms. The first-order valence-corrected chi connectivity index (χ1v) is 14.4. The maximum atomic E-state index is 14.8. The third-order valence-electron chi connectivity index (χ3n) is 9.32. The van der Waals surface area contributed by atoms with Crippen LogP contribution in [0.2, 0.25) is 0 Å². The van der Waals surface area contributed by atoms with E-state index in [0.717, 1.165) is 35.1 Å². The quantitative estimate of drug-likeness (QED) is 0.483. The SMILES string of the molecule is CC1(C2=CC(F)CC(CF)=CC2)N=C(C2CC2)C(=O)N1C/C=C/c1ccc2c(c1)C[C@@]1(C2)C(=O)Nc2ncccc21. The maximum Gasteiger partial charge on any atom is 0.270 e. The molecule has 0 bridgehead atoms. The number of carbonyl (C=O) groups excluding carboxylic acids is 2. The van der Waals surface area contributed by atoms with Gasteiger partial charge in [-0.05, 0) is 79.0 Å². The number of allylic oxidation sites excluding steroid dienone is 3. The number of nitrogens with one attached hydrogen (secondary N) is 1. The number of carbonyl (C=O) groups is 2. The molecule has 1 N–H and O–H groups in total. The van der Waals surface area contributed by atoms with Gasteiger partial charge < -0.3 is 10.2 Å². The Morgan fingerprint density at radius 3 is 2.80 bits per heavy atom. The topological polar surface area (TPSA) is 74.7 Å². The van der Waals surface area contributed by atoms with E-state index in [4.69, 9.17) is 4.99 Å². The number of fused-ring (bicyclic) bond motifs is 3. The van der Waals surface area contributed by atoms with Crippen LogP contribution < -0.4 is 5.32 Å². The first-order chi connectivity index (χ1) is 19.8. The van der Waals surface area contributed by atoms with E-state index in [1.807, 2.05) is 37.3 Å². The predicted octanol–water partition coefficient (Wildman–Crippen LogP) is 5.45. The Hall–Kier alpha value is -3.94.